The van der Waals surface area contributed by atoms with Gasteiger partial charge in [-0.25, -0.2) is 4.79 Å². The number of rotatable bonds is 4. The Labute approximate surface area is 144 Å². The van der Waals surface area contributed by atoms with Gasteiger partial charge in [0.05, 0.1) is 16.9 Å². The van der Waals surface area contributed by atoms with Crippen LogP contribution in [0.2, 0.25) is 5.02 Å². The van der Waals surface area contributed by atoms with Crippen molar-refractivity contribution in [3.63, 3.8) is 0 Å². The number of amides is 1. The summed E-state index contributed by atoms with van der Waals surface area (Å²) >= 11 is 5.56. The van der Waals surface area contributed by atoms with Crippen molar-refractivity contribution in [3.8, 4) is 0 Å². The lowest BCUT2D eigenvalue weighted by atomic mass is 10.1. The van der Waals surface area contributed by atoms with Gasteiger partial charge in [0.25, 0.3) is 5.91 Å². The highest BCUT2D eigenvalue weighted by molar-refractivity contribution is 6.30. The standard InChI is InChI=1S/C15H12ClF3N2O4/c1-7-5-12(25-21-7)14(23)24-8(2)13(22)20-11-4-3-9(16)6-10(11)15(17,18)19/h3-6,8H,1-2H3,(H,20,22)/t8-/m1/s1. The van der Waals surface area contributed by atoms with Gasteiger partial charge in [0.1, 0.15) is 0 Å². The minimum atomic E-state index is -4.72. The van der Waals surface area contributed by atoms with E-state index in [4.69, 9.17) is 16.3 Å². The molecule has 0 saturated carbocycles. The number of aromatic nitrogens is 1. The van der Waals surface area contributed by atoms with Crippen LogP contribution in [0.4, 0.5) is 18.9 Å². The number of esters is 1. The van der Waals surface area contributed by atoms with Gasteiger partial charge in [-0.1, -0.05) is 16.8 Å². The van der Waals surface area contributed by atoms with E-state index in [9.17, 15) is 22.8 Å². The second kappa shape index (κ2) is 7.14. The van der Waals surface area contributed by atoms with E-state index in [1.54, 1.807) is 6.92 Å². The van der Waals surface area contributed by atoms with Gasteiger partial charge in [-0.2, -0.15) is 13.2 Å². The van der Waals surface area contributed by atoms with E-state index in [1.165, 1.54) is 19.1 Å². The third-order valence-corrected chi connectivity index (χ3v) is 3.26. The molecule has 10 heteroatoms. The summed E-state index contributed by atoms with van der Waals surface area (Å²) in [6.45, 7) is 2.79. The van der Waals surface area contributed by atoms with E-state index in [0.717, 1.165) is 6.07 Å². The molecule has 1 aromatic carbocycles. The fraction of sp³-hybridized carbons (Fsp3) is 0.267. The Morgan fingerprint density at radius 1 is 1.32 bits per heavy atom. The Kier molecular flexibility index (Phi) is 5.36. The molecule has 0 spiro atoms. The first-order valence-electron chi connectivity index (χ1n) is 6.90. The molecule has 1 heterocycles. The van der Waals surface area contributed by atoms with E-state index in [0.29, 0.717) is 11.8 Å². The number of nitrogens with one attached hydrogen (secondary N) is 1. The van der Waals surface area contributed by atoms with Crippen LogP contribution in [0.15, 0.2) is 28.8 Å². The van der Waals surface area contributed by atoms with Crippen LogP contribution in [-0.2, 0) is 15.7 Å². The van der Waals surface area contributed by atoms with Gasteiger partial charge >= 0.3 is 12.1 Å². The molecule has 2 rings (SSSR count). The van der Waals surface area contributed by atoms with Crippen LogP contribution in [0.1, 0.15) is 28.7 Å². The van der Waals surface area contributed by atoms with Crippen molar-refractivity contribution in [1.82, 2.24) is 5.16 Å². The highest BCUT2D eigenvalue weighted by Crippen LogP contribution is 2.36. The van der Waals surface area contributed by atoms with E-state index < -0.39 is 35.4 Å². The van der Waals surface area contributed by atoms with Crippen molar-refractivity contribution in [2.75, 3.05) is 5.32 Å². The summed E-state index contributed by atoms with van der Waals surface area (Å²) in [6.07, 6.45) is -6.08. The fourth-order valence-electron chi connectivity index (χ4n) is 1.83. The van der Waals surface area contributed by atoms with Crippen molar-refractivity contribution in [2.45, 2.75) is 26.1 Å². The number of anilines is 1. The number of aryl methyl sites for hydroxylation is 1. The quantitative estimate of drug-likeness (QED) is 0.820. The first-order chi connectivity index (χ1) is 11.6. The molecule has 0 fully saturated rings. The maximum absolute atomic E-state index is 13.0. The van der Waals surface area contributed by atoms with Crippen LogP contribution in [0.25, 0.3) is 0 Å². The average molecular weight is 377 g/mol. The summed E-state index contributed by atoms with van der Waals surface area (Å²) in [4.78, 5) is 23.8. The Hall–Kier alpha value is -2.55. The van der Waals surface area contributed by atoms with Crippen molar-refractivity contribution in [2.24, 2.45) is 0 Å². The molecule has 2 aromatic rings. The van der Waals surface area contributed by atoms with Gasteiger partial charge < -0.3 is 14.6 Å². The third kappa shape index (κ3) is 4.72. The minimum absolute atomic E-state index is 0.134. The van der Waals surface area contributed by atoms with Gasteiger partial charge in [-0.05, 0) is 32.0 Å². The number of hydrogen-bond acceptors (Lipinski definition) is 5. The lowest BCUT2D eigenvalue weighted by Crippen LogP contribution is -2.30. The third-order valence-electron chi connectivity index (χ3n) is 3.03. The summed E-state index contributed by atoms with van der Waals surface area (Å²) < 4.78 is 48.5. The smallest absolute Gasteiger partial charge is 0.418 e. The molecule has 0 aliphatic carbocycles. The van der Waals surface area contributed by atoms with E-state index >= 15 is 0 Å². The Morgan fingerprint density at radius 2 is 2.00 bits per heavy atom. The summed E-state index contributed by atoms with van der Waals surface area (Å²) in [7, 11) is 0. The zero-order valence-corrected chi connectivity index (χ0v) is 13.7. The van der Waals surface area contributed by atoms with E-state index in [1.807, 2.05) is 0 Å². The van der Waals surface area contributed by atoms with Crippen LogP contribution in [0.3, 0.4) is 0 Å². The average Bonchev–Trinajstić information content (AvgIpc) is 2.94. The van der Waals surface area contributed by atoms with E-state index in [2.05, 4.69) is 15.0 Å². The predicted molar refractivity (Wildman–Crippen MR) is 81.2 cm³/mol. The minimum Gasteiger partial charge on any atom is -0.447 e. The van der Waals surface area contributed by atoms with Crippen LogP contribution in [-0.4, -0.2) is 23.1 Å². The largest absolute Gasteiger partial charge is 0.447 e. The van der Waals surface area contributed by atoms with Crippen molar-refractivity contribution >= 4 is 29.2 Å². The second-order valence-electron chi connectivity index (χ2n) is 5.06. The lowest BCUT2D eigenvalue weighted by molar-refractivity contribution is -0.137. The lowest BCUT2D eigenvalue weighted by Gasteiger charge is -2.16. The topological polar surface area (TPSA) is 81.4 Å². The van der Waals surface area contributed by atoms with Gasteiger partial charge in [0, 0.05) is 11.1 Å². The molecule has 1 N–H and O–H groups in total. The molecule has 1 amide bonds. The maximum atomic E-state index is 13.0. The SMILES string of the molecule is Cc1cc(C(=O)O[C@H](C)C(=O)Nc2ccc(Cl)cc2C(F)(F)F)on1. The molecule has 0 aliphatic rings. The molecule has 134 valence electrons. The van der Waals surface area contributed by atoms with Crippen LogP contribution >= 0.6 is 11.6 Å². The molecule has 0 saturated heterocycles. The molecule has 1 atom stereocenters. The first kappa shape index (κ1) is 18.8. The zero-order valence-electron chi connectivity index (χ0n) is 13.0. The van der Waals surface area contributed by atoms with Gasteiger partial charge in [-0.3, -0.25) is 4.79 Å². The Balaban J connectivity index is 2.10. The number of carbonyl (C=O) groups excluding carboxylic acids is 2. The number of carbonyl (C=O) groups is 2. The van der Waals surface area contributed by atoms with Crippen molar-refractivity contribution in [1.29, 1.82) is 0 Å². The second-order valence-corrected chi connectivity index (χ2v) is 5.49. The number of alkyl halides is 3. The fourth-order valence-corrected chi connectivity index (χ4v) is 2.00. The number of halogens is 4. The molecule has 0 aliphatic heterocycles. The Bertz CT molecular complexity index is 804. The molecule has 0 bridgehead atoms. The highest BCUT2D eigenvalue weighted by Gasteiger charge is 2.34. The van der Waals surface area contributed by atoms with Gasteiger partial charge in [0.15, 0.2) is 6.10 Å². The van der Waals surface area contributed by atoms with Gasteiger partial charge in [0.2, 0.25) is 5.76 Å². The molecule has 0 radical (unpaired) electrons. The number of benzene rings is 1. The molecule has 6 nitrogen and oxygen atoms in total. The first-order valence-corrected chi connectivity index (χ1v) is 7.27. The molecule has 25 heavy (non-hydrogen) atoms. The summed E-state index contributed by atoms with van der Waals surface area (Å²) in [5.74, 6) is -2.13. The molecule has 1 aromatic heterocycles. The van der Waals surface area contributed by atoms with Crippen LogP contribution in [0.5, 0.6) is 0 Å². The van der Waals surface area contributed by atoms with E-state index in [-0.39, 0.29) is 10.8 Å². The van der Waals surface area contributed by atoms with Crippen molar-refractivity contribution in [3.05, 3.63) is 46.3 Å². The van der Waals surface area contributed by atoms with Crippen molar-refractivity contribution < 1.29 is 32.0 Å². The monoisotopic (exact) mass is 376 g/mol. The normalized spacial score (nSPS) is 12.6. The molecular weight excluding hydrogens is 365 g/mol. The summed E-state index contributed by atoms with van der Waals surface area (Å²) in [5.41, 5.74) is -1.18. The van der Waals surface area contributed by atoms with Gasteiger partial charge in [-0.15, -0.1) is 0 Å². The highest BCUT2D eigenvalue weighted by atomic mass is 35.5. The summed E-state index contributed by atoms with van der Waals surface area (Å²) in [5, 5.41) is 5.42. The molecule has 0 unspecified atom stereocenters. The molecular formula is C15H12ClF3N2O4. The van der Waals surface area contributed by atoms with Crippen LogP contribution in [0, 0.1) is 6.92 Å². The number of ether oxygens (including phenoxy) is 1. The number of hydrogen-bond donors (Lipinski definition) is 1. The zero-order chi connectivity index (χ0) is 18.8. The number of nitrogens with zero attached hydrogens (tertiary/aromatic N) is 1. The summed E-state index contributed by atoms with van der Waals surface area (Å²) in [6, 6.07) is 4.19. The predicted octanol–water partition coefficient (Wildman–Crippen LogP) is 3.84. The maximum Gasteiger partial charge on any atom is 0.418 e. The van der Waals surface area contributed by atoms with Crippen LogP contribution < -0.4 is 5.32 Å². The Morgan fingerprint density at radius 3 is 2.56 bits per heavy atom.